The van der Waals surface area contributed by atoms with Crippen molar-refractivity contribution in [2.24, 2.45) is 0 Å². The van der Waals surface area contributed by atoms with E-state index in [2.05, 4.69) is 59.7 Å². The number of thioether (sulfide) groups is 1. The minimum absolute atomic E-state index is 0.0127. The molecule has 0 radical (unpaired) electrons. The Balaban J connectivity index is 2.47. The van der Waals surface area contributed by atoms with Gasteiger partial charge in [-0.3, -0.25) is 4.79 Å². The summed E-state index contributed by atoms with van der Waals surface area (Å²) >= 11 is 4.05. The zero-order valence-corrected chi connectivity index (χ0v) is 19.4. The number of rotatable bonds is 11. The van der Waals surface area contributed by atoms with Crippen LogP contribution in [0.2, 0.25) is 0 Å². The molecule has 1 nitrogen and oxygen atoms in total. The first-order chi connectivity index (χ1) is 13.0. The molecule has 0 saturated heterocycles. The van der Waals surface area contributed by atoms with E-state index in [0.717, 1.165) is 23.3 Å². The van der Waals surface area contributed by atoms with Crippen molar-refractivity contribution >= 4 is 40.1 Å². The fourth-order valence-electron chi connectivity index (χ4n) is 2.71. The zero-order chi connectivity index (χ0) is 20.1. The summed E-state index contributed by atoms with van der Waals surface area (Å²) in [6.07, 6.45) is 11.6. The molecule has 1 aliphatic heterocycles. The molecule has 0 amide bonds. The molecule has 2 unspecified atom stereocenters. The Kier molecular flexibility index (Phi) is 12.8. The SMILES string of the molecule is C=C=C(C#CC/C(=C\C)CF)C1=CCC(C(=O)CCC(I)CCCCC)S1. The maximum atomic E-state index is 12.7. The van der Waals surface area contributed by atoms with E-state index in [4.69, 9.17) is 0 Å². The van der Waals surface area contributed by atoms with Crippen molar-refractivity contribution in [2.75, 3.05) is 6.67 Å². The highest BCUT2D eigenvalue weighted by Gasteiger charge is 2.26. The van der Waals surface area contributed by atoms with Crippen LogP contribution in [0, 0.1) is 11.8 Å². The van der Waals surface area contributed by atoms with Gasteiger partial charge in [-0.2, -0.15) is 0 Å². The summed E-state index contributed by atoms with van der Waals surface area (Å²) in [5, 5.41) is -0.0127. The fourth-order valence-corrected chi connectivity index (χ4v) is 4.64. The number of hydrogen-bond acceptors (Lipinski definition) is 2. The van der Waals surface area contributed by atoms with E-state index in [9.17, 15) is 9.18 Å². The van der Waals surface area contributed by atoms with E-state index < -0.39 is 6.67 Å². The van der Waals surface area contributed by atoms with Gasteiger partial charge < -0.3 is 0 Å². The molecule has 1 aliphatic rings. The molecule has 0 saturated carbocycles. The first-order valence-electron chi connectivity index (χ1n) is 9.68. The van der Waals surface area contributed by atoms with Crippen molar-refractivity contribution in [3.8, 4) is 11.8 Å². The second-order valence-corrected chi connectivity index (χ2v) is 9.63. The van der Waals surface area contributed by atoms with E-state index in [0.29, 0.717) is 28.1 Å². The Morgan fingerprint density at radius 1 is 1.48 bits per heavy atom. The molecule has 1 heterocycles. The summed E-state index contributed by atoms with van der Waals surface area (Å²) < 4.78 is 13.3. The number of carbonyl (C=O) groups excluding carboxylic acids is 1. The molecule has 0 aromatic carbocycles. The van der Waals surface area contributed by atoms with Crippen LogP contribution in [0.25, 0.3) is 0 Å². The Labute approximate surface area is 182 Å². The second kappa shape index (κ2) is 14.3. The van der Waals surface area contributed by atoms with E-state index in [1.54, 1.807) is 17.8 Å². The molecule has 0 aromatic rings. The largest absolute Gasteiger partial charge is 0.298 e. The van der Waals surface area contributed by atoms with Crippen LogP contribution in [0.3, 0.4) is 0 Å². The van der Waals surface area contributed by atoms with Gasteiger partial charge in [0.05, 0.1) is 10.8 Å². The molecular formula is C23H30FIOS. The molecule has 27 heavy (non-hydrogen) atoms. The average molecular weight is 500 g/mol. The lowest BCUT2D eigenvalue weighted by molar-refractivity contribution is -0.118. The molecule has 0 aliphatic carbocycles. The lowest BCUT2D eigenvalue weighted by Gasteiger charge is -2.12. The normalized spacial score (nSPS) is 17.6. The van der Waals surface area contributed by atoms with Gasteiger partial charge in [-0.25, -0.2) is 4.39 Å². The summed E-state index contributed by atoms with van der Waals surface area (Å²) in [7, 11) is 0. The number of alkyl halides is 2. The number of carbonyl (C=O) groups is 1. The predicted molar refractivity (Wildman–Crippen MR) is 125 cm³/mol. The van der Waals surface area contributed by atoms with Crippen molar-refractivity contribution in [3.05, 3.63) is 40.5 Å². The Morgan fingerprint density at radius 3 is 2.89 bits per heavy atom. The van der Waals surface area contributed by atoms with E-state index in [1.165, 1.54) is 25.7 Å². The standard InChI is InChI=1S/C23H30FIOS/c1-4-7-8-12-20(25)13-14-21(26)23-16-15-22(27-23)19(6-3)11-9-10-18(5-2)17-24/h5,15,20,23H,3-4,7-8,10,12-14,16-17H2,1-2H3/b18-5+. The van der Waals surface area contributed by atoms with Gasteiger partial charge in [-0.05, 0) is 31.8 Å². The van der Waals surface area contributed by atoms with Crippen LogP contribution in [-0.2, 0) is 4.79 Å². The van der Waals surface area contributed by atoms with Crippen molar-refractivity contribution in [3.63, 3.8) is 0 Å². The highest BCUT2D eigenvalue weighted by atomic mass is 127. The first kappa shape index (κ1) is 24.3. The molecular weight excluding hydrogens is 470 g/mol. The minimum Gasteiger partial charge on any atom is -0.298 e. The van der Waals surface area contributed by atoms with Gasteiger partial charge in [-0.15, -0.1) is 17.5 Å². The third-order valence-electron chi connectivity index (χ3n) is 4.50. The van der Waals surface area contributed by atoms with Crippen molar-refractivity contribution in [1.29, 1.82) is 0 Å². The number of hydrogen-bond donors (Lipinski definition) is 0. The average Bonchev–Trinajstić information content (AvgIpc) is 3.16. The van der Waals surface area contributed by atoms with Crippen molar-refractivity contribution < 1.29 is 9.18 Å². The monoisotopic (exact) mass is 500 g/mol. The van der Waals surface area contributed by atoms with Gasteiger partial charge in [0.25, 0.3) is 0 Å². The van der Waals surface area contributed by atoms with Crippen LogP contribution in [0.5, 0.6) is 0 Å². The van der Waals surface area contributed by atoms with Crippen LogP contribution in [-0.4, -0.2) is 21.6 Å². The highest BCUT2D eigenvalue weighted by molar-refractivity contribution is 14.1. The van der Waals surface area contributed by atoms with Crippen LogP contribution in [0.4, 0.5) is 4.39 Å². The number of ketones is 1. The summed E-state index contributed by atoms with van der Waals surface area (Å²) in [6.45, 7) is 7.27. The molecule has 0 spiro atoms. The fraction of sp³-hybridized carbons (Fsp3) is 0.565. The maximum Gasteiger partial charge on any atom is 0.146 e. The highest BCUT2D eigenvalue weighted by Crippen LogP contribution is 2.37. The van der Waals surface area contributed by atoms with Crippen LogP contribution >= 0.6 is 34.4 Å². The number of unbranched alkanes of at least 4 members (excludes halogenated alkanes) is 2. The lowest BCUT2D eigenvalue weighted by Crippen LogP contribution is -2.15. The van der Waals surface area contributed by atoms with E-state index in [-0.39, 0.29) is 5.25 Å². The van der Waals surface area contributed by atoms with Crippen molar-refractivity contribution in [1.82, 2.24) is 0 Å². The van der Waals surface area contributed by atoms with E-state index in [1.807, 2.05) is 6.92 Å². The molecule has 0 fully saturated rings. The summed E-state index contributed by atoms with van der Waals surface area (Å²) in [5.74, 6) is 6.35. The Hall–Kier alpha value is -0.760. The third kappa shape index (κ3) is 9.32. The van der Waals surface area contributed by atoms with Gasteiger partial charge >= 0.3 is 0 Å². The predicted octanol–water partition coefficient (Wildman–Crippen LogP) is 7.13. The molecule has 148 valence electrons. The number of Topliss-reactive ketones (excluding diaryl/α,β-unsaturated/α-hetero) is 1. The Bertz CT molecular complexity index is 662. The van der Waals surface area contributed by atoms with Crippen LogP contribution in [0.15, 0.2) is 40.5 Å². The van der Waals surface area contributed by atoms with Gasteiger partial charge in [0.2, 0.25) is 0 Å². The van der Waals surface area contributed by atoms with Crippen LogP contribution < -0.4 is 0 Å². The molecule has 4 heteroatoms. The van der Waals surface area contributed by atoms with Crippen molar-refractivity contribution in [2.45, 2.75) is 74.4 Å². The second-order valence-electron chi connectivity index (χ2n) is 6.62. The van der Waals surface area contributed by atoms with Gasteiger partial charge in [0, 0.05) is 21.7 Å². The van der Waals surface area contributed by atoms with Gasteiger partial charge in [0.1, 0.15) is 12.5 Å². The smallest absolute Gasteiger partial charge is 0.146 e. The maximum absolute atomic E-state index is 12.7. The molecule has 0 bridgehead atoms. The van der Waals surface area contributed by atoms with Gasteiger partial charge in [0.15, 0.2) is 0 Å². The van der Waals surface area contributed by atoms with Crippen LogP contribution in [0.1, 0.15) is 65.2 Å². The lowest BCUT2D eigenvalue weighted by atomic mass is 10.0. The number of halogens is 2. The molecule has 0 N–H and O–H groups in total. The quantitative estimate of drug-likeness (QED) is 0.0750. The Morgan fingerprint density at radius 2 is 2.26 bits per heavy atom. The number of allylic oxidation sites excluding steroid dienone is 4. The topological polar surface area (TPSA) is 17.1 Å². The summed E-state index contributed by atoms with van der Waals surface area (Å²) in [6, 6.07) is 0. The first-order valence-corrected chi connectivity index (χ1v) is 11.8. The minimum atomic E-state index is -0.470. The molecule has 2 atom stereocenters. The summed E-state index contributed by atoms with van der Waals surface area (Å²) in [4.78, 5) is 13.5. The van der Waals surface area contributed by atoms with Gasteiger partial charge in [-0.1, -0.05) is 79.3 Å². The summed E-state index contributed by atoms with van der Waals surface area (Å²) in [5.41, 5.74) is 4.27. The molecule has 0 aromatic heterocycles. The third-order valence-corrected chi connectivity index (χ3v) is 7.11. The zero-order valence-electron chi connectivity index (χ0n) is 16.5. The molecule has 1 rings (SSSR count). The van der Waals surface area contributed by atoms with E-state index >= 15 is 0 Å².